The van der Waals surface area contributed by atoms with Crippen molar-refractivity contribution in [1.29, 1.82) is 0 Å². The van der Waals surface area contributed by atoms with Gasteiger partial charge in [0, 0.05) is 16.7 Å². The van der Waals surface area contributed by atoms with E-state index in [0.29, 0.717) is 32.8 Å². The number of hydrogen-bond acceptors (Lipinski definition) is 4. The van der Waals surface area contributed by atoms with Crippen LogP contribution in [0.2, 0.25) is 0 Å². The highest BCUT2D eigenvalue weighted by atomic mass is 19.1. The topological polar surface area (TPSA) is 70.0 Å². The molecular weight excluding hydrogens is 273 g/mol. The molecule has 0 aliphatic heterocycles. The summed E-state index contributed by atoms with van der Waals surface area (Å²) in [6, 6.07) is 12.8. The van der Waals surface area contributed by atoms with Gasteiger partial charge < -0.3 is 5.21 Å². The maximum Gasteiger partial charge on any atom is 0.270 e. The van der Waals surface area contributed by atoms with Crippen LogP contribution in [0.1, 0.15) is 0 Å². The third-order valence-electron chi connectivity index (χ3n) is 3.27. The molecule has 7 heteroatoms. The predicted molar refractivity (Wildman–Crippen MR) is 72.6 cm³/mol. The van der Waals surface area contributed by atoms with E-state index >= 15 is 0 Å². The highest BCUT2D eigenvalue weighted by molar-refractivity contribution is 5.79. The Kier molecular flexibility index (Phi) is 2.34. The Hall–Kier alpha value is -3.09. The van der Waals surface area contributed by atoms with E-state index in [2.05, 4.69) is 15.4 Å². The van der Waals surface area contributed by atoms with Gasteiger partial charge in [-0.15, -0.1) is 5.10 Å². The van der Waals surface area contributed by atoms with Crippen LogP contribution in [0.5, 0.6) is 0 Å². The van der Waals surface area contributed by atoms with Crippen LogP contribution in [0.25, 0.3) is 27.9 Å². The SMILES string of the molecule is [O-][n+]1nc2c(-c3ccc(F)cc3)nnn2c2ccccc21. The second-order valence-corrected chi connectivity index (χ2v) is 4.54. The molecule has 2 aromatic heterocycles. The molecule has 0 N–H and O–H groups in total. The zero-order valence-electron chi connectivity index (χ0n) is 10.6. The average molecular weight is 281 g/mol. The molecule has 0 fully saturated rings. The van der Waals surface area contributed by atoms with Gasteiger partial charge in [-0.3, -0.25) is 0 Å². The van der Waals surface area contributed by atoms with Gasteiger partial charge in [-0.25, -0.2) is 4.39 Å². The first-order chi connectivity index (χ1) is 10.2. The number of para-hydroxylation sites is 2. The van der Waals surface area contributed by atoms with Crippen molar-refractivity contribution < 1.29 is 9.24 Å². The lowest BCUT2D eigenvalue weighted by atomic mass is 10.1. The highest BCUT2D eigenvalue weighted by Gasteiger charge is 2.18. The van der Waals surface area contributed by atoms with E-state index in [4.69, 9.17) is 0 Å². The molecular formula is C14H8FN5O. The Balaban J connectivity index is 2.06. The molecule has 2 heterocycles. The monoisotopic (exact) mass is 281 g/mol. The molecule has 0 atom stereocenters. The summed E-state index contributed by atoms with van der Waals surface area (Å²) in [6.45, 7) is 0. The normalized spacial score (nSPS) is 11.3. The summed E-state index contributed by atoms with van der Waals surface area (Å²) in [5, 5.41) is 24.1. The molecule has 0 aliphatic carbocycles. The highest BCUT2D eigenvalue weighted by Crippen LogP contribution is 2.22. The van der Waals surface area contributed by atoms with Crippen LogP contribution in [0.4, 0.5) is 4.39 Å². The van der Waals surface area contributed by atoms with E-state index in [-0.39, 0.29) is 5.82 Å². The zero-order chi connectivity index (χ0) is 14.4. The molecule has 6 nitrogen and oxygen atoms in total. The molecule has 0 amide bonds. The fourth-order valence-corrected chi connectivity index (χ4v) is 2.27. The van der Waals surface area contributed by atoms with Gasteiger partial charge in [0.05, 0.1) is 0 Å². The number of benzene rings is 2. The summed E-state index contributed by atoms with van der Waals surface area (Å²) in [6.07, 6.45) is 0. The molecule has 4 rings (SSSR count). The third-order valence-corrected chi connectivity index (χ3v) is 3.27. The Bertz CT molecular complexity index is 964. The summed E-state index contributed by atoms with van der Waals surface area (Å²) in [7, 11) is 0. The molecule has 0 radical (unpaired) electrons. The standard InChI is InChI=1S/C14H8FN5O/c15-10-7-5-9(6-8-10)13-14-17-20(21)12-4-2-1-3-11(12)19(14)18-16-13/h1-8H. The van der Waals surface area contributed by atoms with Gasteiger partial charge in [-0.1, -0.05) is 17.3 Å². The van der Waals surface area contributed by atoms with Crippen molar-refractivity contribution in [3.63, 3.8) is 0 Å². The predicted octanol–water partition coefficient (Wildman–Crippen LogP) is 1.72. The second-order valence-electron chi connectivity index (χ2n) is 4.54. The van der Waals surface area contributed by atoms with Crippen molar-refractivity contribution in [2.75, 3.05) is 0 Å². The van der Waals surface area contributed by atoms with E-state index < -0.39 is 0 Å². The van der Waals surface area contributed by atoms with Gasteiger partial charge in [0.2, 0.25) is 0 Å². The van der Waals surface area contributed by atoms with Gasteiger partial charge in [0.15, 0.2) is 0 Å². The summed E-state index contributed by atoms with van der Waals surface area (Å²) < 4.78 is 14.5. The maximum absolute atomic E-state index is 13.0. The van der Waals surface area contributed by atoms with Crippen LogP contribution in [0.3, 0.4) is 0 Å². The molecule has 0 unspecified atom stereocenters. The van der Waals surface area contributed by atoms with Crippen molar-refractivity contribution >= 4 is 16.7 Å². The summed E-state index contributed by atoms with van der Waals surface area (Å²) in [5.41, 5.74) is 2.42. The number of aromatic nitrogens is 5. The second kappa shape index (κ2) is 4.20. The minimum absolute atomic E-state index is 0.329. The molecule has 4 aromatic rings. The summed E-state index contributed by atoms with van der Waals surface area (Å²) in [5.74, 6) is -0.340. The van der Waals surface area contributed by atoms with Crippen LogP contribution in [0.15, 0.2) is 48.5 Å². The van der Waals surface area contributed by atoms with Crippen LogP contribution in [-0.4, -0.2) is 19.9 Å². The Morgan fingerprint density at radius 3 is 2.62 bits per heavy atom. The van der Waals surface area contributed by atoms with Crippen LogP contribution in [0, 0.1) is 11.0 Å². The van der Waals surface area contributed by atoms with Crippen molar-refractivity contribution in [2.45, 2.75) is 0 Å². The maximum atomic E-state index is 13.0. The Morgan fingerprint density at radius 1 is 1.05 bits per heavy atom. The van der Waals surface area contributed by atoms with E-state index in [1.165, 1.54) is 16.6 Å². The number of hydrogen-bond donors (Lipinski definition) is 0. The lowest BCUT2D eigenvalue weighted by Crippen LogP contribution is -2.33. The van der Waals surface area contributed by atoms with E-state index in [9.17, 15) is 9.60 Å². The Morgan fingerprint density at radius 2 is 1.81 bits per heavy atom. The molecule has 0 aliphatic rings. The van der Waals surface area contributed by atoms with Gasteiger partial charge in [0.25, 0.3) is 11.2 Å². The largest absolute Gasteiger partial charge is 0.594 e. The van der Waals surface area contributed by atoms with Crippen LogP contribution < -0.4 is 4.85 Å². The third kappa shape index (κ3) is 1.71. The smallest absolute Gasteiger partial charge is 0.270 e. The van der Waals surface area contributed by atoms with Crippen molar-refractivity contribution in [3.8, 4) is 11.3 Å². The first kappa shape index (κ1) is 11.7. The fourth-order valence-electron chi connectivity index (χ4n) is 2.27. The minimum atomic E-state index is -0.340. The lowest BCUT2D eigenvalue weighted by Gasteiger charge is -2.01. The molecule has 0 saturated carbocycles. The Labute approximate surface area is 117 Å². The molecule has 21 heavy (non-hydrogen) atoms. The summed E-state index contributed by atoms with van der Waals surface area (Å²) in [4.78, 5) is 0.543. The zero-order valence-corrected chi connectivity index (χ0v) is 10.6. The first-order valence-corrected chi connectivity index (χ1v) is 6.24. The minimum Gasteiger partial charge on any atom is -0.594 e. The number of nitrogens with zero attached hydrogens (tertiary/aromatic N) is 5. The van der Waals surface area contributed by atoms with E-state index in [0.717, 1.165) is 0 Å². The molecule has 2 aromatic carbocycles. The van der Waals surface area contributed by atoms with E-state index in [1.807, 2.05) is 0 Å². The fraction of sp³-hybridized carbons (Fsp3) is 0. The van der Waals surface area contributed by atoms with Gasteiger partial charge in [0.1, 0.15) is 17.0 Å². The van der Waals surface area contributed by atoms with E-state index in [1.54, 1.807) is 36.4 Å². The molecule has 0 bridgehead atoms. The average Bonchev–Trinajstić information content (AvgIpc) is 2.92. The first-order valence-electron chi connectivity index (χ1n) is 6.24. The lowest BCUT2D eigenvalue weighted by molar-refractivity contribution is -0.640. The van der Waals surface area contributed by atoms with Gasteiger partial charge in [-0.2, -0.15) is 4.52 Å². The molecule has 0 spiro atoms. The van der Waals surface area contributed by atoms with Crippen molar-refractivity contribution in [2.24, 2.45) is 0 Å². The van der Waals surface area contributed by atoms with Crippen molar-refractivity contribution in [3.05, 3.63) is 59.6 Å². The van der Waals surface area contributed by atoms with Gasteiger partial charge >= 0.3 is 0 Å². The molecule has 0 saturated heterocycles. The number of halogens is 1. The quantitative estimate of drug-likeness (QED) is 0.393. The summed E-state index contributed by atoms with van der Waals surface area (Å²) >= 11 is 0. The number of rotatable bonds is 1. The van der Waals surface area contributed by atoms with Crippen LogP contribution >= 0.6 is 0 Å². The molecule has 102 valence electrons. The van der Waals surface area contributed by atoms with Gasteiger partial charge in [-0.05, 0) is 35.2 Å². The van der Waals surface area contributed by atoms with Crippen molar-refractivity contribution in [1.82, 2.24) is 19.9 Å². The number of fused-ring (bicyclic) bond motifs is 3. The van der Waals surface area contributed by atoms with Crippen LogP contribution in [-0.2, 0) is 0 Å².